The first-order valence-corrected chi connectivity index (χ1v) is 6.25. The van der Waals surface area contributed by atoms with E-state index in [4.69, 9.17) is 4.74 Å². The molecule has 1 N–H and O–H groups in total. The Bertz CT molecular complexity index is 295. The lowest BCUT2D eigenvalue weighted by atomic mass is 10.1. The summed E-state index contributed by atoms with van der Waals surface area (Å²) in [6.45, 7) is 5.15. The summed E-state index contributed by atoms with van der Waals surface area (Å²) in [5.74, 6) is 2.78. The fourth-order valence-electron chi connectivity index (χ4n) is 1.92. The lowest BCUT2D eigenvalue weighted by Crippen LogP contribution is -2.26. The molecule has 1 aliphatic rings. The first-order chi connectivity index (χ1) is 7.86. The number of benzene rings is 1. The summed E-state index contributed by atoms with van der Waals surface area (Å²) in [4.78, 5) is 0. The van der Waals surface area contributed by atoms with Gasteiger partial charge in [0.05, 0.1) is 0 Å². The van der Waals surface area contributed by atoms with E-state index in [-0.39, 0.29) is 0 Å². The highest BCUT2D eigenvalue weighted by Gasteiger charge is 2.27. The fraction of sp³-hybridized carbons (Fsp3) is 0.571. The van der Waals surface area contributed by atoms with Crippen LogP contribution in [0.3, 0.4) is 0 Å². The zero-order chi connectivity index (χ0) is 11.2. The van der Waals surface area contributed by atoms with Crippen molar-refractivity contribution < 1.29 is 4.74 Å². The quantitative estimate of drug-likeness (QED) is 0.712. The van der Waals surface area contributed by atoms with Crippen molar-refractivity contribution in [3.05, 3.63) is 30.3 Å². The maximum Gasteiger partial charge on any atom is 0.119 e. The van der Waals surface area contributed by atoms with Gasteiger partial charge in [0.1, 0.15) is 12.4 Å². The lowest BCUT2D eigenvalue weighted by molar-refractivity contribution is 0.307. The Kier molecular flexibility index (Phi) is 4.23. The normalized spacial score (nSPS) is 17.1. The van der Waals surface area contributed by atoms with E-state index in [0.717, 1.165) is 37.3 Å². The molecule has 0 bridgehead atoms. The number of ether oxygens (including phenoxy) is 1. The highest BCUT2D eigenvalue weighted by molar-refractivity contribution is 5.20. The van der Waals surface area contributed by atoms with Gasteiger partial charge in [0.2, 0.25) is 0 Å². The van der Waals surface area contributed by atoms with Gasteiger partial charge in [0.15, 0.2) is 0 Å². The summed E-state index contributed by atoms with van der Waals surface area (Å²) in [5.41, 5.74) is 0. The minimum absolute atomic E-state index is 0.751. The molecule has 1 aliphatic carbocycles. The molecule has 0 heterocycles. The molecule has 1 saturated carbocycles. The van der Waals surface area contributed by atoms with Gasteiger partial charge in [-0.05, 0) is 43.4 Å². The molecule has 1 atom stereocenters. The Morgan fingerprint density at radius 1 is 1.31 bits per heavy atom. The molecular weight excluding hydrogens is 198 g/mol. The van der Waals surface area contributed by atoms with Gasteiger partial charge in [0, 0.05) is 6.54 Å². The predicted octanol–water partition coefficient (Wildman–Crippen LogP) is 2.70. The topological polar surface area (TPSA) is 21.3 Å². The van der Waals surface area contributed by atoms with Gasteiger partial charge >= 0.3 is 0 Å². The Balaban J connectivity index is 1.52. The zero-order valence-electron chi connectivity index (χ0n) is 9.99. The number of para-hydroxylation sites is 1. The predicted molar refractivity (Wildman–Crippen MR) is 66.7 cm³/mol. The third-order valence-corrected chi connectivity index (χ3v) is 3.18. The minimum Gasteiger partial charge on any atom is -0.492 e. The number of nitrogens with one attached hydrogen (secondary N) is 1. The largest absolute Gasteiger partial charge is 0.492 e. The summed E-state index contributed by atoms with van der Waals surface area (Å²) in [6.07, 6.45) is 2.87. The molecule has 1 unspecified atom stereocenters. The molecule has 2 rings (SSSR count). The van der Waals surface area contributed by atoms with Crippen LogP contribution in [0.2, 0.25) is 0 Å². The molecule has 0 aliphatic heterocycles. The average molecular weight is 219 g/mol. The van der Waals surface area contributed by atoms with E-state index < -0.39 is 0 Å². The van der Waals surface area contributed by atoms with Crippen LogP contribution in [0.4, 0.5) is 0 Å². The van der Waals surface area contributed by atoms with Gasteiger partial charge in [-0.3, -0.25) is 0 Å². The van der Waals surface area contributed by atoms with Crippen LogP contribution < -0.4 is 10.1 Å². The van der Waals surface area contributed by atoms with Crippen molar-refractivity contribution in [1.82, 2.24) is 5.32 Å². The highest BCUT2D eigenvalue weighted by atomic mass is 16.5. The average Bonchev–Trinajstić information content (AvgIpc) is 3.13. The first kappa shape index (κ1) is 11.5. The monoisotopic (exact) mass is 219 g/mol. The molecule has 2 heteroatoms. The summed E-state index contributed by atoms with van der Waals surface area (Å²) in [5, 5.41) is 3.45. The van der Waals surface area contributed by atoms with Gasteiger partial charge in [0.25, 0.3) is 0 Å². The second kappa shape index (κ2) is 5.90. The third-order valence-electron chi connectivity index (χ3n) is 3.18. The van der Waals surface area contributed by atoms with Gasteiger partial charge in [-0.1, -0.05) is 25.1 Å². The molecule has 0 amide bonds. The SMILES string of the molecule is CC(CNCCOc1ccccc1)C1CC1. The molecular formula is C14H21NO. The molecule has 1 aromatic rings. The van der Waals surface area contributed by atoms with Crippen molar-refractivity contribution in [2.75, 3.05) is 19.7 Å². The molecule has 88 valence electrons. The third kappa shape index (κ3) is 3.86. The van der Waals surface area contributed by atoms with Gasteiger partial charge in [-0.2, -0.15) is 0 Å². The standard InChI is InChI=1S/C14H21NO/c1-12(13-7-8-13)11-15-9-10-16-14-5-3-2-4-6-14/h2-6,12-13,15H,7-11H2,1H3. The van der Waals surface area contributed by atoms with Crippen LogP contribution in [-0.2, 0) is 0 Å². The van der Waals surface area contributed by atoms with E-state index in [9.17, 15) is 0 Å². The van der Waals surface area contributed by atoms with Gasteiger partial charge in [-0.15, -0.1) is 0 Å². The van der Waals surface area contributed by atoms with E-state index >= 15 is 0 Å². The number of hydrogen-bond acceptors (Lipinski definition) is 2. The molecule has 1 aromatic carbocycles. The van der Waals surface area contributed by atoms with Crippen LogP contribution in [0.15, 0.2) is 30.3 Å². The van der Waals surface area contributed by atoms with Gasteiger partial charge in [-0.25, -0.2) is 0 Å². The maximum atomic E-state index is 5.60. The van der Waals surface area contributed by atoms with Crippen molar-refractivity contribution in [3.8, 4) is 5.75 Å². The van der Waals surface area contributed by atoms with Crippen molar-refractivity contribution in [3.63, 3.8) is 0 Å². The van der Waals surface area contributed by atoms with Crippen LogP contribution in [0.1, 0.15) is 19.8 Å². The molecule has 1 fully saturated rings. The maximum absolute atomic E-state index is 5.60. The molecule has 16 heavy (non-hydrogen) atoms. The van der Waals surface area contributed by atoms with Crippen molar-refractivity contribution in [2.45, 2.75) is 19.8 Å². The Labute approximate surface area is 98.0 Å². The molecule has 0 aromatic heterocycles. The number of hydrogen-bond donors (Lipinski definition) is 1. The van der Waals surface area contributed by atoms with Crippen LogP contribution >= 0.6 is 0 Å². The Morgan fingerprint density at radius 3 is 2.75 bits per heavy atom. The molecule has 0 saturated heterocycles. The smallest absolute Gasteiger partial charge is 0.119 e. The summed E-state index contributed by atoms with van der Waals surface area (Å²) >= 11 is 0. The van der Waals surface area contributed by atoms with Gasteiger partial charge < -0.3 is 10.1 Å². The second-order valence-electron chi connectivity index (χ2n) is 4.68. The Hall–Kier alpha value is -1.02. The molecule has 0 radical (unpaired) electrons. The first-order valence-electron chi connectivity index (χ1n) is 6.25. The van der Waals surface area contributed by atoms with Crippen molar-refractivity contribution in [2.24, 2.45) is 11.8 Å². The van der Waals surface area contributed by atoms with Crippen LogP contribution in [0.25, 0.3) is 0 Å². The van der Waals surface area contributed by atoms with E-state index in [1.54, 1.807) is 0 Å². The summed E-state index contributed by atoms with van der Waals surface area (Å²) in [7, 11) is 0. The van der Waals surface area contributed by atoms with Crippen molar-refractivity contribution in [1.29, 1.82) is 0 Å². The zero-order valence-corrected chi connectivity index (χ0v) is 9.99. The van der Waals surface area contributed by atoms with E-state index in [1.165, 1.54) is 12.8 Å². The highest BCUT2D eigenvalue weighted by Crippen LogP contribution is 2.35. The van der Waals surface area contributed by atoms with Crippen LogP contribution in [-0.4, -0.2) is 19.7 Å². The minimum atomic E-state index is 0.751. The van der Waals surface area contributed by atoms with Crippen LogP contribution in [0.5, 0.6) is 5.75 Å². The van der Waals surface area contributed by atoms with E-state index in [2.05, 4.69) is 12.2 Å². The molecule has 0 spiro atoms. The van der Waals surface area contributed by atoms with Crippen LogP contribution in [0, 0.1) is 11.8 Å². The van der Waals surface area contributed by atoms with E-state index in [0.29, 0.717) is 0 Å². The fourth-order valence-corrected chi connectivity index (χ4v) is 1.92. The van der Waals surface area contributed by atoms with E-state index in [1.807, 2.05) is 30.3 Å². The van der Waals surface area contributed by atoms with Crippen molar-refractivity contribution >= 4 is 0 Å². The summed E-state index contributed by atoms with van der Waals surface area (Å²) in [6, 6.07) is 9.98. The summed E-state index contributed by atoms with van der Waals surface area (Å²) < 4.78 is 5.60. The lowest BCUT2D eigenvalue weighted by Gasteiger charge is -2.11. The second-order valence-corrected chi connectivity index (χ2v) is 4.68. The molecule has 2 nitrogen and oxygen atoms in total. The number of rotatable bonds is 7. The Morgan fingerprint density at radius 2 is 2.06 bits per heavy atom.